The third kappa shape index (κ3) is 3.97. The minimum atomic E-state index is -0.273. The molecule has 1 aromatic heterocycles. The van der Waals surface area contributed by atoms with Gasteiger partial charge in [-0.25, -0.2) is 0 Å². The molecule has 2 amide bonds. The van der Waals surface area contributed by atoms with Gasteiger partial charge in [0, 0.05) is 26.2 Å². The molecule has 19 heavy (non-hydrogen) atoms. The molecule has 6 nitrogen and oxygen atoms in total. The van der Waals surface area contributed by atoms with Crippen LogP contribution in [-0.2, 0) is 4.79 Å². The van der Waals surface area contributed by atoms with Crippen molar-refractivity contribution >= 4 is 24.2 Å². The molecular weight excluding hydrogens is 270 g/mol. The molecule has 7 heteroatoms. The van der Waals surface area contributed by atoms with Crippen molar-refractivity contribution < 1.29 is 14.0 Å². The minimum Gasteiger partial charge on any atom is -0.469 e. The largest absolute Gasteiger partial charge is 0.469 e. The first-order valence-corrected chi connectivity index (χ1v) is 5.99. The van der Waals surface area contributed by atoms with Crippen LogP contribution in [0.1, 0.15) is 16.1 Å². The Labute approximate surface area is 117 Å². The molecule has 0 saturated carbocycles. The van der Waals surface area contributed by atoms with Gasteiger partial charge in [0.2, 0.25) is 5.91 Å². The molecule has 0 aliphatic carbocycles. The smallest absolute Gasteiger partial charge is 0.255 e. The quantitative estimate of drug-likeness (QED) is 0.831. The van der Waals surface area contributed by atoms with Gasteiger partial charge in [0.25, 0.3) is 5.91 Å². The molecular formula is C12H18ClN3O3. The molecule has 0 bridgehead atoms. The summed E-state index contributed by atoms with van der Waals surface area (Å²) in [6.07, 6.45) is 1.46. The number of carbonyl (C=O) groups excluding carboxylic acids is 2. The van der Waals surface area contributed by atoms with Gasteiger partial charge in [-0.15, -0.1) is 12.4 Å². The van der Waals surface area contributed by atoms with E-state index in [4.69, 9.17) is 4.42 Å². The van der Waals surface area contributed by atoms with Crippen LogP contribution in [0.5, 0.6) is 0 Å². The Balaban J connectivity index is 0.00000180. The number of halogens is 1. The Kier molecular flexibility index (Phi) is 5.85. The standard InChI is InChI=1S/C12H17N3O3.ClH/c1-9-10(2-7-18-9)12(17)14-8-11(16)15-5-3-13-4-6-15;/h2,7,13H,3-6,8H2,1H3,(H,14,17);1H. The molecule has 2 heterocycles. The summed E-state index contributed by atoms with van der Waals surface area (Å²) in [6.45, 7) is 4.75. The molecule has 2 N–H and O–H groups in total. The predicted molar refractivity (Wildman–Crippen MR) is 72.5 cm³/mol. The van der Waals surface area contributed by atoms with Crippen LogP contribution in [0.3, 0.4) is 0 Å². The van der Waals surface area contributed by atoms with Crippen molar-refractivity contribution in [2.45, 2.75) is 6.92 Å². The SMILES string of the molecule is Cc1occc1C(=O)NCC(=O)N1CCNCC1.Cl. The fourth-order valence-corrected chi connectivity index (χ4v) is 1.90. The zero-order valence-corrected chi connectivity index (χ0v) is 11.6. The highest BCUT2D eigenvalue weighted by atomic mass is 35.5. The molecule has 0 aromatic carbocycles. The van der Waals surface area contributed by atoms with E-state index in [0.717, 1.165) is 13.1 Å². The van der Waals surface area contributed by atoms with Crippen LogP contribution in [0, 0.1) is 6.92 Å². The maximum atomic E-state index is 11.8. The minimum absolute atomic E-state index is 0. The van der Waals surface area contributed by atoms with Crippen molar-refractivity contribution in [3.63, 3.8) is 0 Å². The molecule has 1 aliphatic heterocycles. The van der Waals surface area contributed by atoms with E-state index in [-0.39, 0.29) is 30.8 Å². The topological polar surface area (TPSA) is 74.6 Å². The number of piperazine rings is 1. The molecule has 0 radical (unpaired) electrons. The van der Waals surface area contributed by atoms with E-state index in [1.165, 1.54) is 6.26 Å². The van der Waals surface area contributed by atoms with Crippen LogP contribution in [0.15, 0.2) is 16.7 Å². The van der Waals surface area contributed by atoms with Crippen molar-refractivity contribution in [2.24, 2.45) is 0 Å². The van der Waals surface area contributed by atoms with Crippen LogP contribution in [0.4, 0.5) is 0 Å². The summed E-state index contributed by atoms with van der Waals surface area (Å²) in [5, 5.41) is 5.78. The lowest BCUT2D eigenvalue weighted by molar-refractivity contribution is -0.130. The maximum Gasteiger partial charge on any atom is 0.255 e. The summed E-state index contributed by atoms with van der Waals surface area (Å²) >= 11 is 0. The van der Waals surface area contributed by atoms with E-state index in [1.807, 2.05) is 0 Å². The fraction of sp³-hybridized carbons (Fsp3) is 0.500. The number of nitrogens with one attached hydrogen (secondary N) is 2. The van der Waals surface area contributed by atoms with Crippen LogP contribution in [0.25, 0.3) is 0 Å². The monoisotopic (exact) mass is 287 g/mol. The second kappa shape index (κ2) is 7.16. The first-order chi connectivity index (χ1) is 8.68. The highest BCUT2D eigenvalue weighted by molar-refractivity contribution is 5.97. The summed E-state index contributed by atoms with van der Waals surface area (Å²) in [5.74, 6) is 0.234. The number of nitrogens with zero attached hydrogens (tertiary/aromatic N) is 1. The summed E-state index contributed by atoms with van der Waals surface area (Å²) in [4.78, 5) is 25.3. The first-order valence-electron chi connectivity index (χ1n) is 5.99. The van der Waals surface area contributed by atoms with Crippen molar-refractivity contribution in [1.82, 2.24) is 15.5 Å². The van der Waals surface area contributed by atoms with E-state index in [0.29, 0.717) is 24.4 Å². The lowest BCUT2D eigenvalue weighted by atomic mass is 10.2. The van der Waals surface area contributed by atoms with E-state index in [1.54, 1.807) is 17.9 Å². The van der Waals surface area contributed by atoms with E-state index in [2.05, 4.69) is 10.6 Å². The summed E-state index contributed by atoms with van der Waals surface area (Å²) in [7, 11) is 0. The fourth-order valence-electron chi connectivity index (χ4n) is 1.90. The van der Waals surface area contributed by atoms with Crippen LogP contribution in [0.2, 0.25) is 0 Å². The third-order valence-corrected chi connectivity index (χ3v) is 2.97. The van der Waals surface area contributed by atoms with Crippen molar-refractivity contribution in [3.8, 4) is 0 Å². The van der Waals surface area contributed by atoms with Crippen molar-refractivity contribution in [2.75, 3.05) is 32.7 Å². The van der Waals surface area contributed by atoms with Gasteiger partial charge in [0.1, 0.15) is 5.76 Å². The Morgan fingerprint density at radius 1 is 1.42 bits per heavy atom. The lowest BCUT2D eigenvalue weighted by Crippen LogP contribution is -2.49. The summed E-state index contributed by atoms with van der Waals surface area (Å²) in [5.41, 5.74) is 0.475. The molecule has 0 unspecified atom stereocenters. The average Bonchev–Trinajstić information content (AvgIpc) is 2.83. The van der Waals surface area contributed by atoms with Gasteiger partial charge in [-0.1, -0.05) is 0 Å². The second-order valence-corrected chi connectivity index (χ2v) is 4.20. The number of hydrogen-bond donors (Lipinski definition) is 2. The second-order valence-electron chi connectivity index (χ2n) is 4.20. The van der Waals surface area contributed by atoms with E-state index in [9.17, 15) is 9.59 Å². The van der Waals surface area contributed by atoms with Gasteiger partial charge in [0.05, 0.1) is 18.4 Å². The molecule has 106 valence electrons. The van der Waals surface area contributed by atoms with Gasteiger partial charge in [0.15, 0.2) is 0 Å². The Morgan fingerprint density at radius 2 is 2.11 bits per heavy atom. The van der Waals surface area contributed by atoms with Crippen LogP contribution >= 0.6 is 12.4 Å². The van der Waals surface area contributed by atoms with Crippen LogP contribution in [-0.4, -0.2) is 49.4 Å². The molecule has 1 saturated heterocycles. The Morgan fingerprint density at radius 3 is 2.68 bits per heavy atom. The zero-order chi connectivity index (χ0) is 13.0. The first kappa shape index (κ1) is 15.5. The van der Waals surface area contributed by atoms with Gasteiger partial charge in [-0.3, -0.25) is 9.59 Å². The number of carbonyl (C=O) groups is 2. The number of furan rings is 1. The van der Waals surface area contributed by atoms with Gasteiger partial charge >= 0.3 is 0 Å². The lowest BCUT2D eigenvalue weighted by Gasteiger charge is -2.27. The molecule has 2 rings (SSSR count). The van der Waals surface area contributed by atoms with E-state index < -0.39 is 0 Å². The molecule has 0 spiro atoms. The Hall–Kier alpha value is -1.53. The summed E-state index contributed by atoms with van der Waals surface area (Å²) < 4.78 is 5.04. The van der Waals surface area contributed by atoms with E-state index >= 15 is 0 Å². The highest BCUT2D eigenvalue weighted by Crippen LogP contribution is 2.07. The van der Waals surface area contributed by atoms with Gasteiger partial charge in [-0.2, -0.15) is 0 Å². The Bertz CT molecular complexity index is 441. The summed E-state index contributed by atoms with van der Waals surface area (Å²) in [6, 6.07) is 1.60. The molecule has 1 aromatic rings. The van der Waals surface area contributed by atoms with Gasteiger partial charge < -0.3 is 20.0 Å². The van der Waals surface area contributed by atoms with Crippen LogP contribution < -0.4 is 10.6 Å². The maximum absolute atomic E-state index is 11.8. The number of amides is 2. The normalized spacial score (nSPS) is 14.7. The molecule has 1 fully saturated rings. The van der Waals surface area contributed by atoms with Gasteiger partial charge in [-0.05, 0) is 13.0 Å². The third-order valence-electron chi connectivity index (χ3n) is 2.97. The predicted octanol–water partition coefficient (Wildman–Crippen LogP) is 0.171. The average molecular weight is 288 g/mol. The number of aryl methyl sites for hydroxylation is 1. The van der Waals surface area contributed by atoms with Crippen molar-refractivity contribution in [3.05, 3.63) is 23.7 Å². The van der Waals surface area contributed by atoms with Crippen molar-refractivity contribution in [1.29, 1.82) is 0 Å². The molecule has 0 atom stereocenters. The zero-order valence-electron chi connectivity index (χ0n) is 10.8. The molecule has 1 aliphatic rings. The highest BCUT2D eigenvalue weighted by Gasteiger charge is 2.18. The number of hydrogen-bond acceptors (Lipinski definition) is 4. The number of rotatable bonds is 3.